The molecule has 1 aliphatic carbocycles. The molecule has 2 unspecified atom stereocenters. The first-order valence-corrected chi connectivity index (χ1v) is 12.5. The van der Waals surface area contributed by atoms with Gasteiger partial charge >= 0.3 is 6.18 Å². The summed E-state index contributed by atoms with van der Waals surface area (Å²) < 4.78 is 77.4. The molecule has 2 heterocycles. The number of alkyl halides is 3. The Balaban J connectivity index is 1.41. The summed E-state index contributed by atoms with van der Waals surface area (Å²) in [5.41, 5.74) is 3.05. The number of rotatable bonds is 7. The molecule has 9 heteroatoms. The van der Waals surface area contributed by atoms with Gasteiger partial charge in [-0.25, -0.2) is 8.78 Å². The van der Waals surface area contributed by atoms with Crippen LogP contribution in [0.1, 0.15) is 42.5 Å². The molecule has 0 amide bonds. The van der Waals surface area contributed by atoms with Crippen LogP contribution in [-0.4, -0.2) is 54.8 Å². The van der Waals surface area contributed by atoms with Crippen LogP contribution in [0.15, 0.2) is 42.0 Å². The smallest absolute Gasteiger partial charge is 0.401 e. The maximum Gasteiger partial charge on any atom is 0.401 e. The lowest BCUT2D eigenvalue weighted by atomic mass is 9.84. The Morgan fingerprint density at radius 3 is 2.49 bits per heavy atom. The first-order valence-electron chi connectivity index (χ1n) is 12.5. The minimum Gasteiger partial charge on any atom is -0.492 e. The summed E-state index contributed by atoms with van der Waals surface area (Å²) in [7, 11) is 0. The van der Waals surface area contributed by atoms with E-state index in [0.717, 1.165) is 41.9 Å². The Morgan fingerprint density at radius 2 is 1.81 bits per heavy atom. The van der Waals surface area contributed by atoms with Crippen LogP contribution in [0.4, 0.5) is 22.0 Å². The highest BCUT2D eigenvalue weighted by Gasteiger charge is 2.45. The molecule has 2 aromatic carbocycles. The molecule has 4 nitrogen and oxygen atoms in total. The highest BCUT2D eigenvalue weighted by molar-refractivity contribution is 5.79. The molecular formula is C28H28F5N3O. The SMILES string of the molecule is CC1CC2=C(Cc3ccccc32)C(c2c(F)cc(OCCN3CC(CC#N)C3)cc2F)N1CC(F)(F)F. The Bertz CT molecular complexity index is 1220. The van der Waals surface area contributed by atoms with Crippen molar-refractivity contribution in [2.24, 2.45) is 5.92 Å². The van der Waals surface area contributed by atoms with E-state index >= 15 is 8.78 Å². The minimum absolute atomic E-state index is 0.00277. The van der Waals surface area contributed by atoms with E-state index in [0.29, 0.717) is 37.3 Å². The first-order chi connectivity index (χ1) is 17.6. The predicted molar refractivity (Wildman–Crippen MR) is 129 cm³/mol. The van der Waals surface area contributed by atoms with Crippen molar-refractivity contribution in [1.82, 2.24) is 9.80 Å². The van der Waals surface area contributed by atoms with E-state index in [1.165, 1.54) is 4.90 Å². The van der Waals surface area contributed by atoms with Crippen molar-refractivity contribution in [2.45, 2.75) is 44.4 Å². The van der Waals surface area contributed by atoms with Gasteiger partial charge in [0.05, 0.1) is 18.7 Å². The number of nitriles is 1. The van der Waals surface area contributed by atoms with Crippen LogP contribution in [-0.2, 0) is 6.42 Å². The fourth-order valence-corrected chi connectivity index (χ4v) is 5.93. The molecule has 0 N–H and O–H groups in total. The number of ether oxygens (including phenoxy) is 1. The normalized spacial score (nSPS) is 22.4. The standard InChI is InChI=1S/C28H28F5N3O/c1-17-10-22-21-5-3-2-4-19(21)11-23(22)27(36(17)16-28(31,32)33)26-24(29)12-20(13-25(26)30)37-9-8-35-14-18(15-35)6-7-34/h2-5,12-13,17-18,27H,6,8-11,14-16H2,1H3. The monoisotopic (exact) mass is 517 g/mol. The number of likely N-dealkylation sites (tertiary alicyclic amines) is 1. The molecule has 2 aliphatic heterocycles. The van der Waals surface area contributed by atoms with Gasteiger partial charge in [0.2, 0.25) is 0 Å². The van der Waals surface area contributed by atoms with E-state index in [-0.39, 0.29) is 17.9 Å². The van der Waals surface area contributed by atoms with Crippen molar-refractivity contribution >= 4 is 5.57 Å². The van der Waals surface area contributed by atoms with Crippen LogP contribution in [0.5, 0.6) is 5.75 Å². The number of fused-ring (bicyclic) bond motifs is 2. The molecule has 2 aromatic rings. The van der Waals surface area contributed by atoms with Gasteiger partial charge < -0.3 is 4.74 Å². The average Bonchev–Trinajstić information content (AvgIpc) is 3.16. The third-order valence-electron chi connectivity index (χ3n) is 7.62. The summed E-state index contributed by atoms with van der Waals surface area (Å²) in [5.74, 6) is -1.48. The number of hydrogen-bond acceptors (Lipinski definition) is 4. The Kier molecular flexibility index (Phi) is 6.99. The Morgan fingerprint density at radius 1 is 1.11 bits per heavy atom. The third kappa shape index (κ3) is 5.23. The highest BCUT2D eigenvalue weighted by atomic mass is 19.4. The van der Waals surface area contributed by atoms with Gasteiger partial charge in [-0.3, -0.25) is 9.80 Å². The molecule has 0 radical (unpaired) electrons. The maximum absolute atomic E-state index is 15.5. The summed E-state index contributed by atoms with van der Waals surface area (Å²) in [6.07, 6.45) is -3.27. The Labute approximate surface area is 212 Å². The van der Waals surface area contributed by atoms with Gasteiger partial charge in [0.1, 0.15) is 24.0 Å². The quantitative estimate of drug-likeness (QED) is 0.429. The van der Waals surface area contributed by atoms with Crippen LogP contribution in [0, 0.1) is 28.9 Å². The zero-order valence-corrected chi connectivity index (χ0v) is 20.5. The molecule has 1 fully saturated rings. The Hall–Kier alpha value is -2.96. The molecule has 1 saturated heterocycles. The maximum atomic E-state index is 15.5. The molecule has 5 rings (SSSR count). The lowest BCUT2D eigenvalue weighted by molar-refractivity contribution is -0.155. The van der Waals surface area contributed by atoms with Gasteiger partial charge in [-0.1, -0.05) is 24.3 Å². The van der Waals surface area contributed by atoms with Crippen LogP contribution < -0.4 is 4.74 Å². The fraction of sp³-hybridized carbons (Fsp3) is 0.464. The molecular weight excluding hydrogens is 489 g/mol. The van der Waals surface area contributed by atoms with E-state index in [1.54, 1.807) is 6.92 Å². The van der Waals surface area contributed by atoms with Crippen molar-refractivity contribution in [3.8, 4) is 11.8 Å². The first kappa shape index (κ1) is 25.7. The number of halogens is 5. The molecule has 2 atom stereocenters. The van der Waals surface area contributed by atoms with E-state index in [1.807, 2.05) is 24.3 Å². The van der Waals surface area contributed by atoms with Crippen molar-refractivity contribution in [1.29, 1.82) is 5.26 Å². The van der Waals surface area contributed by atoms with Crippen LogP contribution in [0.25, 0.3) is 5.57 Å². The minimum atomic E-state index is -4.52. The number of nitrogens with zero attached hydrogens (tertiary/aromatic N) is 3. The van der Waals surface area contributed by atoms with E-state index in [4.69, 9.17) is 10.00 Å². The number of benzene rings is 2. The lowest BCUT2D eigenvalue weighted by Crippen LogP contribution is -2.48. The average molecular weight is 518 g/mol. The van der Waals surface area contributed by atoms with Crippen molar-refractivity contribution in [3.63, 3.8) is 0 Å². The summed E-state index contributed by atoms with van der Waals surface area (Å²) >= 11 is 0. The topological polar surface area (TPSA) is 39.5 Å². The lowest BCUT2D eigenvalue weighted by Gasteiger charge is -2.42. The van der Waals surface area contributed by atoms with Gasteiger partial charge in [-0.05, 0) is 48.0 Å². The van der Waals surface area contributed by atoms with Gasteiger partial charge in [0.25, 0.3) is 0 Å². The summed E-state index contributed by atoms with van der Waals surface area (Å²) in [4.78, 5) is 3.27. The second-order valence-corrected chi connectivity index (χ2v) is 10.2. The number of hydrogen-bond donors (Lipinski definition) is 0. The molecule has 0 spiro atoms. The second-order valence-electron chi connectivity index (χ2n) is 10.2. The second kappa shape index (κ2) is 10.1. The summed E-state index contributed by atoms with van der Waals surface area (Å²) in [6.45, 7) is 2.75. The van der Waals surface area contributed by atoms with Crippen LogP contribution in [0.2, 0.25) is 0 Å². The van der Waals surface area contributed by atoms with Crippen molar-refractivity contribution in [2.75, 3.05) is 32.8 Å². The molecule has 3 aliphatic rings. The van der Waals surface area contributed by atoms with Gasteiger partial charge in [-0.15, -0.1) is 0 Å². The van der Waals surface area contributed by atoms with Crippen LogP contribution in [0.3, 0.4) is 0 Å². The summed E-state index contributed by atoms with van der Waals surface area (Å²) in [5, 5.41) is 8.74. The highest BCUT2D eigenvalue weighted by Crippen LogP contribution is 2.50. The molecule has 0 saturated carbocycles. The van der Waals surface area contributed by atoms with Crippen LogP contribution >= 0.6 is 0 Å². The molecule has 196 valence electrons. The van der Waals surface area contributed by atoms with Gasteiger partial charge in [0.15, 0.2) is 0 Å². The zero-order chi connectivity index (χ0) is 26.3. The van der Waals surface area contributed by atoms with Gasteiger partial charge in [0, 0.05) is 49.8 Å². The largest absolute Gasteiger partial charge is 0.492 e. The van der Waals surface area contributed by atoms with Crippen molar-refractivity contribution in [3.05, 3.63) is 70.3 Å². The zero-order valence-electron chi connectivity index (χ0n) is 20.5. The van der Waals surface area contributed by atoms with Gasteiger partial charge in [-0.2, -0.15) is 18.4 Å². The molecule has 0 aromatic heterocycles. The predicted octanol–water partition coefficient (Wildman–Crippen LogP) is 5.90. The van der Waals surface area contributed by atoms with E-state index in [2.05, 4.69) is 11.0 Å². The summed E-state index contributed by atoms with van der Waals surface area (Å²) in [6, 6.07) is 10.1. The van der Waals surface area contributed by atoms with Crippen molar-refractivity contribution < 1.29 is 26.7 Å². The fourth-order valence-electron chi connectivity index (χ4n) is 5.93. The third-order valence-corrected chi connectivity index (χ3v) is 7.62. The molecule has 0 bridgehead atoms. The van der Waals surface area contributed by atoms with E-state index in [9.17, 15) is 13.2 Å². The molecule has 37 heavy (non-hydrogen) atoms. The van der Waals surface area contributed by atoms with E-state index < -0.39 is 36.4 Å².